The summed E-state index contributed by atoms with van der Waals surface area (Å²) in [5.41, 5.74) is -1.82. The SMILES string of the molecule is O=C(O)c1cccc(-c2cccc(C(=O)O)c2F)c1F. The number of benzene rings is 2. The van der Waals surface area contributed by atoms with Crippen molar-refractivity contribution in [2.75, 3.05) is 0 Å². The van der Waals surface area contributed by atoms with E-state index >= 15 is 0 Å². The van der Waals surface area contributed by atoms with Crippen LogP contribution >= 0.6 is 0 Å². The Morgan fingerprint density at radius 3 is 1.40 bits per heavy atom. The summed E-state index contributed by atoms with van der Waals surface area (Å²) in [6.45, 7) is 0. The van der Waals surface area contributed by atoms with Gasteiger partial charge in [0.2, 0.25) is 0 Å². The molecule has 4 nitrogen and oxygen atoms in total. The summed E-state index contributed by atoms with van der Waals surface area (Å²) in [4.78, 5) is 21.7. The van der Waals surface area contributed by atoms with E-state index in [-0.39, 0.29) is 11.1 Å². The molecule has 0 aliphatic carbocycles. The fourth-order valence-electron chi connectivity index (χ4n) is 1.81. The van der Waals surface area contributed by atoms with Crippen molar-refractivity contribution in [3.63, 3.8) is 0 Å². The van der Waals surface area contributed by atoms with Crippen molar-refractivity contribution in [2.24, 2.45) is 0 Å². The topological polar surface area (TPSA) is 74.6 Å². The molecule has 6 heteroatoms. The average Bonchev–Trinajstić information content (AvgIpc) is 2.39. The summed E-state index contributed by atoms with van der Waals surface area (Å²) in [7, 11) is 0. The molecule has 0 fully saturated rings. The zero-order valence-electron chi connectivity index (χ0n) is 9.93. The molecular formula is C14H8F2O4. The van der Waals surface area contributed by atoms with Crippen LogP contribution in [0, 0.1) is 11.6 Å². The Labute approximate surface area is 111 Å². The van der Waals surface area contributed by atoms with Crippen LogP contribution in [0.15, 0.2) is 36.4 Å². The first-order valence-electron chi connectivity index (χ1n) is 5.47. The first-order chi connectivity index (χ1) is 9.43. The molecule has 0 heterocycles. The van der Waals surface area contributed by atoms with Crippen molar-refractivity contribution >= 4 is 11.9 Å². The highest BCUT2D eigenvalue weighted by molar-refractivity contribution is 5.92. The number of carboxylic acids is 2. The number of hydrogen-bond acceptors (Lipinski definition) is 2. The maximum absolute atomic E-state index is 14.0. The lowest BCUT2D eigenvalue weighted by Gasteiger charge is -2.08. The fourth-order valence-corrected chi connectivity index (χ4v) is 1.81. The summed E-state index contributed by atoms with van der Waals surface area (Å²) >= 11 is 0. The summed E-state index contributed by atoms with van der Waals surface area (Å²) in [6.07, 6.45) is 0. The van der Waals surface area contributed by atoms with Crippen molar-refractivity contribution in [3.8, 4) is 11.1 Å². The lowest BCUT2D eigenvalue weighted by atomic mass is 9.99. The molecule has 0 aliphatic heterocycles. The van der Waals surface area contributed by atoms with Crippen LogP contribution in [0.5, 0.6) is 0 Å². The van der Waals surface area contributed by atoms with E-state index in [0.717, 1.165) is 12.1 Å². The van der Waals surface area contributed by atoms with Gasteiger partial charge in [-0.05, 0) is 12.1 Å². The third-order valence-electron chi connectivity index (χ3n) is 2.75. The van der Waals surface area contributed by atoms with E-state index in [0.29, 0.717) is 0 Å². The van der Waals surface area contributed by atoms with E-state index in [2.05, 4.69) is 0 Å². The Bertz CT molecular complexity index is 649. The first kappa shape index (κ1) is 13.7. The summed E-state index contributed by atoms with van der Waals surface area (Å²) < 4.78 is 28.1. The Morgan fingerprint density at radius 1 is 0.750 bits per heavy atom. The minimum absolute atomic E-state index is 0.300. The normalized spacial score (nSPS) is 10.3. The molecule has 2 aromatic rings. The largest absolute Gasteiger partial charge is 0.478 e. The van der Waals surface area contributed by atoms with Gasteiger partial charge in [-0.2, -0.15) is 0 Å². The summed E-state index contributed by atoms with van der Waals surface area (Å²) in [5, 5.41) is 17.6. The average molecular weight is 278 g/mol. The molecule has 0 atom stereocenters. The van der Waals surface area contributed by atoms with E-state index < -0.39 is 34.7 Å². The maximum Gasteiger partial charge on any atom is 0.338 e. The highest BCUT2D eigenvalue weighted by Crippen LogP contribution is 2.29. The predicted octanol–water partition coefficient (Wildman–Crippen LogP) is 3.03. The number of halogens is 2. The van der Waals surface area contributed by atoms with Crippen molar-refractivity contribution in [3.05, 3.63) is 59.2 Å². The molecule has 2 rings (SSSR count). The number of carbonyl (C=O) groups is 2. The highest BCUT2D eigenvalue weighted by Gasteiger charge is 2.20. The summed E-state index contributed by atoms with van der Waals surface area (Å²) in [6, 6.07) is 6.97. The quantitative estimate of drug-likeness (QED) is 0.905. The molecule has 0 radical (unpaired) electrons. The monoisotopic (exact) mass is 278 g/mol. The lowest BCUT2D eigenvalue weighted by Crippen LogP contribution is -2.05. The molecule has 0 aromatic heterocycles. The van der Waals surface area contributed by atoms with Gasteiger partial charge in [0.25, 0.3) is 0 Å². The van der Waals surface area contributed by atoms with Gasteiger partial charge in [-0.25, -0.2) is 18.4 Å². The van der Waals surface area contributed by atoms with Gasteiger partial charge in [-0.1, -0.05) is 24.3 Å². The van der Waals surface area contributed by atoms with Crippen molar-refractivity contribution in [2.45, 2.75) is 0 Å². The van der Waals surface area contributed by atoms with Crippen LogP contribution in [-0.4, -0.2) is 22.2 Å². The zero-order chi connectivity index (χ0) is 14.9. The van der Waals surface area contributed by atoms with Gasteiger partial charge >= 0.3 is 11.9 Å². The van der Waals surface area contributed by atoms with E-state index in [1.54, 1.807) is 0 Å². The van der Waals surface area contributed by atoms with E-state index in [9.17, 15) is 18.4 Å². The van der Waals surface area contributed by atoms with E-state index in [1.807, 2.05) is 0 Å². The molecule has 102 valence electrons. The molecule has 0 unspecified atom stereocenters. The Balaban J connectivity index is 2.70. The molecular weight excluding hydrogens is 270 g/mol. The molecule has 0 aliphatic rings. The van der Waals surface area contributed by atoms with Crippen LogP contribution in [0.3, 0.4) is 0 Å². The Morgan fingerprint density at radius 2 is 1.10 bits per heavy atom. The molecule has 2 N–H and O–H groups in total. The van der Waals surface area contributed by atoms with Crippen LogP contribution in [0.1, 0.15) is 20.7 Å². The molecule has 20 heavy (non-hydrogen) atoms. The van der Waals surface area contributed by atoms with Gasteiger partial charge in [0, 0.05) is 11.1 Å². The number of aromatic carboxylic acids is 2. The van der Waals surface area contributed by atoms with E-state index in [1.165, 1.54) is 24.3 Å². The van der Waals surface area contributed by atoms with Crippen LogP contribution in [0.4, 0.5) is 8.78 Å². The number of hydrogen-bond donors (Lipinski definition) is 2. The van der Waals surface area contributed by atoms with Crippen LogP contribution in [0.2, 0.25) is 0 Å². The minimum Gasteiger partial charge on any atom is -0.478 e. The molecule has 0 saturated carbocycles. The molecule has 0 saturated heterocycles. The zero-order valence-corrected chi connectivity index (χ0v) is 9.93. The third kappa shape index (κ3) is 2.23. The number of carboxylic acid groups (broad SMARTS) is 2. The Hall–Kier alpha value is -2.76. The van der Waals surface area contributed by atoms with Crippen LogP contribution in [0.25, 0.3) is 11.1 Å². The van der Waals surface area contributed by atoms with E-state index in [4.69, 9.17) is 10.2 Å². The van der Waals surface area contributed by atoms with Gasteiger partial charge in [0.15, 0.2) is 0 Å². The number of rotatable bonds is 3. The van der Waals surface area contributed by atoms with Gasteiger partial charge in [-0.3, -0.25) is 0 Å². The van der Waals surface area contributed by atoms with Gasteiger partial charge < -0.3 is 10.2 Å². The molecule has 0 bridgehead atoms. The second-order valence-corrected chi connectivity index (χ2v) is 3.94. The molecule has 2 aromatic carbocycles. The summed E-state index contributed by atoms with van der Waals surface area (Å²) in [5.74, 6) is -5.19. The highest BCUT2D eigenvalue weighted by atomic mass is 19.1. The minimum atomic E-state index is -1.49. The molecule has 0 spiro atoms. The maximum atomic E-state index is 14.0. The van der Waals surface area contributed by atoms with Gasteiger partial charge in [0.1, 0.15) is 11.6 Å². The van der Waals surface area contributed by atoms with Crippen LogP contribution < -0.4 is 0 Å². The van der Waals surface area contributed by atoms with Crippen molar-refractivity contribution in [1.29, 1.82) is 0 Å². The molecule has 0 amide bonds. The second-order valence-electron chi connectivity index (χ2n) is 3.94. The van der Waals surface area contributed by atoms with Crippen molar-refractivity contribution < 1.29 is 28.6 Å². The smallest absolute Gasteiger partial charge is 0.338 e. The van der Waals surface area contributed by atoms with Gasteiger partial charge in [0.05, 0.1) is 11.1 Å². The Kier molecular flexibility index (Phi) is 3.47. The second kappa shape index (κ2) is 5.08. The van der Waals surface area contributed by atoms with Gasteiger partial charge in [-0.15, -0.1) is 0 Å². The van der Waals surface area contributed by atoms with Crippen molar-refractivity contribution in [1.82, 2.24) is 0 Å². The standard InChI is InChI=1S/C14H8F2O4/c15-11-7(3-1-5-9(11)13(17)18)8-4-2-6-10(12(8)16)14(19)20/h1-6H,(H,17,18)(H,19,20). The fraction of sp³-hybridized carbons (Fsp3) is 0. The predicted molar refractivity (Wildman–Crippen MR) is 65.7 cm³/mol. The first-order valence-corrected chi connectivity index (χ1v) is 5.47. The third-order valence-corrected chi connectivity index (χ3v) is 2.75. The lowest BCUT2D eigenvalue weighted by molar-refractivity contribution is 0.0680. The van der Waals surface area contributed by atoms with Crippen LogP contribution in [-0.2, 0) is 0 Å².